The molecule has 1 amide bonds. The van der Waals surface area contributed by atoms with Crippen LogP contribution in [0.5, 0.6) is 5.75 Å². The summed E-state index contributed by atoms with van der Waals surface area (Å²) in [6.45, 7) is 2.42. The molecule has 1 aromatic carbocycles. The van der Waals surface area contributed by atoms with E-state index in [1.807, 2.05) is 19.1 Å². The molecule has 0 spiro atoms. The first kappa shape index (κ1) is 11.2. The lowest BCUT2D eigenvalue weighted by Crippen LogP contribution is -2.13. The van der Waals surface area contributed by atoms with E-state index in [4.69, 9.17) is 9.15 Å². The van der Waals surface area contributed by atoms with Gasteiger partial charge in [-0.2, -0.15) is 0 Å². The monoisotopic (exact) mass is 232 g/mol. The average Bonchev–Trinajstić information content (AvgIpc) is 2.85. The number of benzene rings is 1. The number of amides is 1. The Morgan fingerprint density at radius 3 is 3.00 bits per heavy atom. The number of nitrogens with one attached hydrogen (secondary N) is 1. The van der Waals surface area contributed by atoms with E-state index in [9.17, 15) is 4.79 Å². The third-order valence-corrected chi connectivity index (χ3v) is 2.10. The summed E-state index contributed by atoms with van der Waals surface area (Å²) in [4.78, 5) is 15.5. The second-order valence-corrected chi connectivity index (χ2v) is 3.26. The van der Waals surface area contributed by atoms with Gasteiger partial charge in [-0.15, -0.1) is 0 Å². The minimum atomic E-state index is -0.328. The van der Waals surface area contributed by atoms with Gasteiger partial charge in [0.2, 0.25) is 0 Å². The molecular weight excluding hydrogens is 220 g/mol. The van der Waals surface area contributed by atoms with Crippen molar-refractivity contribution in [2.24, 2.45) is 0 Å². The number of carbonyl (C=O) groups excluding carboxylic acids is 1. The molecule has 2 aromatic rings. The Morgan fingerprint density at radius 2 is 2.29 bits per heavy atom. The third-order valence-electron chi connectivity index (χ3n) is 2.10. The fourth-order valence-electron chi connectivity index (χ4n) is 1.36. The summed E-state index contributed by atoms with van der Waals surface area (Å²) in [5, 5.41) is 2.71. The third kappa shape index (κ3) is 2.63. The number of oxazole rings is 1. The highest BCUT2D eigenvalue weighted by atomic mass is 16.5. The molecule has 0 bridgehead atoms. The van der Waals surface area contributed by atoms with Gasteiger partial charge < -0.3 is 14.5 Å². The zero-order valence-corrected chi connectivity index (χ0v) is 9.34. The second kappa shape index (κ2) is 5.16. The highest BCUT2D eigenvalue weighted by Gasteiger charge is 2.11. The summed E-state index contributed by atoms with van der Waals surface area (Å²) in [5.74, 6) is 0.303. The Balaban J connectivity index is 2.15. The first-order chi connectivity index (χ1) is 8.31. The van der Waals surface area contributed by atoms with Crippen molar-refractivity contribution in [3.05, 3.63) is 42.6 Å². The van der Waals surface area contributed by atoms with Gasteiger partial charge in [0.15, 0.2) is 12.1 Å². The van der Waals surface area contributed by atoms with Crippen LogP contribution in [0, 0.1) is 0 Å². The summed E-state index contributed by atoms with van der Waals surface area (Å²) in [6, 6.07) is 7.22. The molecule has 17 heavy (non-hydrogen) atoms. The molecule has 0 fully saturated rings. The van der Waals surface area contributed by atoms with E-state index < -0.39 is 0 Å². The van der Waals surface area contributed by atoms with Crippen LogP contribution in [0.25, 0.3) is 0 Å². The van der Waals surface area contributed by atoms with E-state index in [1.54, 1.807) is 12.1 Å². The van der Waals surface area contributed by atoms with Gasteiger partial charge in [-0.25, -0.2) is 4.98 Å². The van der Waals surface area contributed by atoms with Crippen LogP contribution in [0.3, 0.4) is 0 Å². The molecule has 1 heterocycles. The molecule has 0 aliphatic rings. The number of hydrogen-bond donors (Lipinski definition) is 1. The predicted octanol–water partition coefficient (Wildman–Crippen LogP) is 2.33. The zero-order valence-electron chi connectivity index (χ0n) is 9.34. The van der Waals surface area contributed by atoms with Crippen LogP contribution in [-0.2, 0) is 0 Å². The average molecular weight is 232 g/mol. The first-order valence-electron chi connectivity index (χ1n) is 5.22. The zero-order chi connectivity index (χ0) is 12.1. The van der Waals surface area contributed by atoms with Crippen molar-refractivity contribution in [1.82, 2.24) is 4.98 Å². The standard InChI is InChI=1S/C12H12N2O3/c1-2-17-11-6-4-3-5-9(11)14-12(15)10-7-16-8-13-10/h3-8H,2H2,1H3,(H,14,15). The Bertz CT molecular complexity index is 494. The van der Waals surface area contributed by atoms with Gasteiger partial charge in [-0.05, 0) is 19.1 Å². The summed E-state index contributed by atoms with van der Waals surface area (Å²) in [7, 11) is 0. The van der Waals surface area contributed by atoms with Gasteiger partial charge in [0.25, 0.3) is 5.91 Å². The molecule has 1 N–H and O–H groups in total. The van der Waals surface area contributed by atoms with Crippen LogP contribution in [0.1, 0.15) is 17.4 Å². The Morgan fingerprint density at radius 1 is 1.47 bits per heavy atom. The fraction of sp³-hybridized carbons (Fsp3) is 0.167. The number of para-hydroxylation sites is 2. The minimum Gasteiger partial charge on any atom is -0.492 e. The molecule has 2 rings (SSSR count). The Kier molecular flexibility index (Phi) is 3.40. The molecule has 5 heteroatoms. The van der Waals surface area contributed by atoms with E-state index in [1.165, 1.54) is 12.7 Å². The number of aromatic nitrogens is 1. The molecule has 0 aliphatic carbocycles. The van der Waals surface area contributed by atoms with Gasteiger partial charge >= 0.3 is 0 Å². The highest BCUT2D eigenvalue weighted by Crippen LogP contribution is 2.23. The number of rotatable bonds is 4. The van der Waals surface area contributed by atoms with Crippen LogP contribution in [0.4, 0.5) is 5.69 Å². The van der Waals surface area contributed by atoms with Gasteiger partial charge in [-0.3, -0.25) is 4.79 Å². The maximum atomic E-state index is 11.7. The number of anilines is 1. The number of nitrogens with zero attached hydrogens (tertiary/aromatic N) is 1. The van der Waals surface area contributed by atoms with E-state index in [0.29, 0.717) is 18.0 Å². The lowest BCUT2D eigenvalue weighted by Gasteiger charge is -2.09. The SMILES string of the molecule is CCOc1ccccc1NC(=O)c1cocn1. The molecule has 0 saturated carbocycles. The molecular formula is C12H12N2O3. The summed E-state index contributed by atoms with van der Waals surface area (Å²) >= 11 is 0. The van der Waals surface area contributed by atoms with Crippen LogP contribution >= 0.6 is 0 Å². The van der Waals surface area contributed by atoms with Crippen molar-refractivity contribution >= 4 is 11.6 Å². The quantitative estimate of drug-likeness (QED) is 0.878. The van der Waals surface area contributed by atoms with Gasteiger partial charge in [-0.1, -0.05) is 12.1 Å². The minimum absolute atomic E-state index is 0.233. The van der Waals surface area contributed by atoms with Crippen molar-refractivity contribution in [3.63, 3.8) is 0 Å². The molecule has 1 aromatic heterocycles. The predicted molar refractivity (Wildman–Crippen MR) is 62.1 cm³/mol. The largest absolute Gasteiger partial charge is 0.492 e. The van der Waals surface area contributed by atoms with Crippen molar-refractivity contribution in [3.8, 4) is 5.75 Å². The second-order valence-electron chi connectivity index (χ2n) is 3.26. The van der Waals surface area contributed by atoms with Gasteiger partial charge in [0, 0.05) is 0 Å². The summed E-state index contributed by atoms with van der Waals surface area (Å²) < 4.78 is 10.1. The van der Waals surface area contributed by atoms with Crippen LogP contribution < -0.4 is 10.1 Å². The van der Waals surface area contributed by atoms with Gasteiger partial charge in [0.05, 0.1) is 12.3 Å². The topological polar surface area (TPSA) is 64.4 Å². The van der Waals surface area contributed by atoms with Crippen molar-refractivity contribution in [1.29, 1.82) is 0 Å². The van der Waals surface area contributed by atoms with Crippen LogP contribution in [0.2, 0.25) is 0 Å². The normalized spacial score (nSPS) is 9.94. The molecule has 0 saturated heterocycles. The number of ether oxygens (including phenoxy) is 1. The van der Waals surface area contributed by atoms with E-state index in [-0.39, 0.29) is 11.6 Å². The van der Waals surface area contributed by atoms with Crippen molar-refractivity contribution in [2.75, 3.05) is 11.9 Å². The van der Waals surface area contributed by atoms with E-state index in [2.05, 4.69) is 10.3 Å². The number of hydrogen-bond acceptors (Lipinski definition) is 4. The molecule has 0 unspecified atom stereocenters. The molecule has 88 valence electrons. The van der Waals surface area contributed by atoms with Gasteiger partial charge in [0.1, 0.15) is 12.0 Å². The lowest BCUT2D eigenvalue weighted by molar-refractivity contribution is 0.102. The Hall–Kier alpha value is -2.30. The van der Waals surface area contributed by atoms with Crippen molar-refractivity contribution < 1.29 is 13.9 Å². The summed E-state index contributed by atoms with van der Waals surface area (Å²) in [5.41, 5.74) is 0.846. The highest BCUT2D eigenvalue weighted by molar-refractivity contribution is 6.03. The molecule has 0 aliphatic heterocycles. The molecule has 5 nitrogen and oxygen atoms in total. The molecule has 0 atom stereocenters. The van der Waals surface area contributed by atoms with Crippen molar-refractivity contribution in [2.45, 2.75) is 6.92 Å². The summed E-state index contributed by atoms with van der Waals surface area (Å²) in [6.07, 6.45) is 2.50. The maximum Gasteiger partial charge on any atom is 0.277 e. The maximum absolute atomic E-state index is 11.7. The Labute approximate surface area is 98.4 Å². The van der Waals surface area contributed by atoms with Crippen LogP contribution in [0.15, 0.2) is 41.3 Å². The first-order valence-corrected chi connectivity index (χ1v) is 5.22. The van der Waals surface area contributed by atoms with Crippen LogP contribution in [-0.4, -0.2) is 17.5 Å². The van der Waals surface area contributed by atoms with E-state index >= 15 is 0 Å². The lowest BCUT2D eigenvalue weighted by atomic mass is 10.3. The molecule has 0 radical (unpaired) electrons. The number of carbonyl (C=O) groups is 1. The fourth-order valence-corrected chi connectivity index (χ4v) is 1.36. The smallest absolute Gasteiger partial charge is 0.277 e. The van der Waals surface area contributed by atoms with E-state index in [0.717, 1.165) is 0 Å².